The molecule has 0 amide bonds. The number of alkyl halides is 3. The minimum Gasteiger partial charge on any atom is -0.364 e. The second-order valence-electron chi connectivity index (χ2n) is 7.28. The standard InChI is InChI=1S/C20H21ClF3N5S/c21-17-5-4-14(30-17)12-26-18-11-16(27-28-18)13-6-9-29(10-7-13)19(20(22,23)24)15-3-1-2-8-25-15/h1-5,8,11,13,19H,6-7,9-10,12H2,(H2,26,27,28). The highest BCUT2D eigenvalue weighted by atomic mass is 35.5. The van der Waals surface area contributed by atoms with Gasteiger partial charge in [-0.15, -0.1) is 11.3 Å². The Labute approximate surface area is 181 Å². The fraction of sp³-hybridized carbons (Fsp3) is 0.400. The molecule has 1 saturated heterocycles. The first-order valence-electron chi connectivity index (χ1n) is 9.65. The molecule has 4 heterocycles. The largest absolute Gasteiger partial charge is 0.409 e. The number of likely N-dealkylation sites (tertiary alicyclic amines) is 1. The van der Waals surface area contributed by atoms with E-state index in [9.17, 15) is 13.2 Å². The fourth-order valence-electron chi connectivity index (χ4n) is 3.83. The van der Waals surface area contributed by atoms with Gasteiger partial charge in [0.2, 0.25) is 0 Å². The first-order valence-corrected chi connectivity index (χ1v) is 10.8. The number of halogens is 4. The summed E-state index contributed by atoms with van der Waals surface area (Å²) in [5.74, 6) is 0.872. The molecule has 0 aliphatic carbocycles. The summed E-state index contributed by atoms with van der Waals surface area (Å²) in [4.78, 5) is 6.54. The van der Waals surface area contributed by atoms with E-state index < -0.39 is 12.2 Å². The van der Waals surface area contributed by atoms with Crippen molar-refractivity contribution in [3.63, 3.8) is 0 Å². The van der Waals surface area contributed by atoms with Crippen LogP contribution in [0.4, 0.5) is 19.0 Å². The molecule has 0 spiro atoms. The van der Waals surface area contributed by atoms with Crippen molar-refractivity contribution in [1.82, 2.24) is 20.1 Å². The molecule has 2 N–H and O–H groups in total. The van der Waals surface area contributed by atoms with E-state index in [1.165, 1.54) is 28.5 Å². The lowest BCUT2D eigenvalue weighted by Crippen LogP contribution is -2.43. The lowest BCUT2D eigenvalue weighted by molar-refractivity contribution is -0.190. The van der Waals surface area contributed by atoms with Gasteiger partial charge < -0.3 is 5.32 Å². The summed E-state index contributed by atoms with van der Waals surface area (Å²) in [5.41, 5.74) is 0.993. The van der Waals surface area contributed by atoms with Crippen LogP contribution in [0.15, 0.2) is 42.6 Å². The van der Waals surface area contributed by atoms with E-state index in [-0.39, 0.29) is 11.6 Å². The SMILES string of the molecule is FC(F)(F)C(c1ccccn1)N1CCC(c2cc(NCc3ccc(Cl)s3)n[nH]2)CC1. The zero-order valence-electron chi connectivity index (χ0n) is 16.0. The van der Waals surface area contributed by atoms with E-state index in [0.717, 1.165) is 20.7 Å². The monoisotopic (exact) mass is 455 g/mol. The Bertz CT molecular complexity index is 951. The molecule has 0 bridgehead atoms. The van der Waals surface area contributed by atoms with Crippen LogP contribution in [0.25, 0.3) is 0 Å². The summed E-state index contributed by atoms with van der Waals surface area (Å²) in [6.07, 6.45) is -1.70. The maximum Gasteiger partial charge on any atom is 0.409 e. The Morgan fingerprint density at radius 1 is 1.23 bits per heavy atom. The maximum absolute atomic E-state index is 13.7. The Balaban J connectivity index is 1.36. The molecule has 0 saturated carbocycles. The van der Waals surface area contributed by atoms with E-state index >= 15 is 0 Å². The summed E-state index contributed by atoms with van der Waals surface area (Å²) in [5, 5.41) is 10.6. The molecule has 1 atom stereocenters. The number of hydrogen-bond donors (Lipinski definition) is 2. The topological polar surface area (TPSA) is 56.8 Å². The van der Waals surface area contributed by atoms with Crippen molar-refractivity contribution in [2.45, 2.75) is 37.5 Å². The van der Waals surface area contributed by atoms with Crippen molar-refractivity contribution in [3.05, 3.63) is 63.2 Å². The molecule has 3 aromatic heterocycles. The van der Waals surface area contributed by atoms with Crippen molar-refractivity contribution in [3.8, 4) is 0 Å². The molecule has 10 heteroatoms. The van der Waals surface area contributed by atoms with Crippen molar-refractivity contribution in [2.75, 3.05) is 18.4 Å². The molecular formula is C20H21ClF3N5S. The Hall–Kier alpha value is -2.10. The zero-order valence-corrected chi connectivity index (χ0v) is 17.6. The molecule has 1 aliphatic rings. The molecule has 5 nitrogen and oxygen atoms in total. The number of thiophene rings is 1. The van der Waals surface area contributed by atoms with Crippen LogP contribution < -0.4 is 5.32 Å². The number of rotatable bonds is 6. The van der Waals surface area contributed by atoms with Gasteiger partial charge in [-0.2, -0.15) is 18.3 Å². The summed E-state index contributed by atoms with van der Waals surface area (Å²) in [6, 6.07) is 8.75. The number of aromatic nitrogens is 3. The van der Waals surface area contributed by atoms with Crippen LogP contribution in [-0.2, 0) is 6.54 Å². The molecule has 1 aliphatic heterocycles. The third kappa shape index (κ3) is 4.96. The molecule has 4 rings (SSSR count). The fourth-order valence-corrected chi connectivity index (χ4v) is 4.86. The average Bonchev–Trinajstić information content (AvgIpc) is 3.36. The zero-order chi connectivity index (χ0) is 21.1. The second kappa shape index (κ2) is 8.95. The van der Waals surface area contributed by atoms with E-state index in [1.54, 1.807) is 12.1 Å². The van der Waals surface area contributed by atoms with Crippen LogP contribution >= 0.6 is 22.9 Å². The number of H-pyrrole nitrogens is 1. The van der Waals surface area contributed by atoms with Gasteiger partial charge in [-0.1, -0.05) is 17.7 Å². The van der Waals surface area contributed by atoms with Gasteiger partial charge in [-0.3, -0.25) is 15.0 Å². The summed E-state index contributed by atoms with van der Waals surface area (Å²) >= 11 is 7.45. The number of aromatic amines is 1. The van der Waals surface area contributed by atoms with Gasteiger partial charge in [-0.05, 0) is 50.2 Å². The van der Waals surface area contributed by atoms with Gasteiger partial charge in [0.1, 0.15) is 11.9 Å². The van der Waals surface area contributed by atoms with Gasteiger partial charge in [0.05, 0.1) is 16.6 Å². The molecule has 30 heavy (non-hydrogen) atoms. The maximum atomic E-state index is 13.7. The van der Waals surface area contributed by atoms with Crippen LogP contribution in [0.1, 0.15) is 41.1 Å². The van der Waals surface area contributed by atoms with Gasteiger partial charge in [0, 0.05) is 28.8 Å². The number of nitrogens with one attached hydrogen (secondary N) is 2. The number of piperidine rings is 1. The molecule has 1 unspecified atom stereocenters. The van der Waals surface area contributed by atoms with Gasteiger partial charge in [-0.25, -0.2) is 0 Å². The molecule has 1 fully saturated rings. The van der Waals surface area contributed by atoms with E-state index in [2.05, 4.69) is 20.5 Å². The molecule has 160 valence electrons. The number of hydrogen-bond acceptors (Lipinski definition) is 5. The number of anilines is 1. The quantitative estimate of drug-likeness (QED) is 0.507. The van der Waals surface area contributed by atoms with Crippen LogP contribution in [0, 0.1) is 0 Å². The highest BCUT2D eigenvalue weighted by Gasteiger charge is 2.46. The van der Waals surface area contributed by atoms with Crippen molar-refractivity contribution < 1.29 is 13.2 Å². The Kier molecular flexibility index (Phi) is 6.31. The normalized spacial score (nSPS) is 17.2. The third-order valence-corrected chi connectivity index (χ3v) is 6.51. The summed E-state index contributed by atoms with van der Waals surface area (Å²) in [6.45, 7) is 1.32. The lowest BCUT2D eigenvalue weighted by Gasteiger charge is -2.37. The predicted molar refractivity (Wildman–Crippen MR) is 112 cm³/mol. The van der Waals surface area contributed by atoms with Crippen molar-refractivity contribution in [2.24, 2.45) is 0 Å². The molecule has 3 aromatic rings. The summed E-state index contributed by atoms with van der Waals surface area (Å²) in [7, 11) is 0. The van der Waals surface area contributed by atoms with Crippen LogP contribution in [0.5, 0.6) is 0 Å². The van der Waals surface area contributed by atoms with Crippen LogP contribution in [0.3, 0.4) is 0 Å². The Morgan fingerprint density at radius 2 is 2.03 bits per heavy atom. The molecule has 0 radical (unpaired) electrons. The third-order valence-electron chi connectivity index (χ3n) is 5.28. The average molecular weight is 456 g/mol. The van der Waals surface area contributed by atoms with E-state index in [4.69, 9.17) is 11.6 Å². The van der Waals surface area contributed by atoms with Gasteiger partial charge in [0.15, 0.2) is 0 Å². The molecular weight excluding hydrogens is 435 g/mol. The number of pyridine rings is 1. The number of nitrogens with zero attached hydrogens (tertiary/aromatic N) is 3. The Morgan fingerprint density at radius 3 is 2.67 bits per heavy atom. The van der Waals surface area contributed by atoms with Gasteiger partial charge in [0.25, 0.3) is 0 Å². The first kappa shape index (κ1) is 21.1. The van der Waals surface area contributed by atoms with Crippen molar-refractivity contribution >= 4 is 28.8 Å². The first-order chi connectivity index (χ1) is 14.4. The van der Waals surface area contributed by atoms with Crippen LogP contribution in [-0.4, -0.2) is 39.3 Å². The van der Waals surface area contributed by atoms with Crippen molar-refractivity contribution in [1.29, 1.82) is 0 Å². The highest BCUT2D eigenvalue weighted by Crippen LogP contribution is 2.40. The van der Waals surface area contributed by atoms with E-state index in [1.807, 2.05) is 18.2 Å². The predicted octanol–water partition coefficient (Wildman–Crippen LogP) is 5.61. The minimum absolute atomic E-state index is 0.0464. The lowest BCUT2D eigenvalue weighted by atomic mass is 9.92. The minimum atomic E-state index is -4.36. The van der Waals surface area contributed by atoms with E-state index in [0.29, 0.717) is 32.5 Å². The van der Waals surface area contributed by atoms with Crippen LogP contribution in [0.2, 0.25) is 4.34 Å². The summed E-state index contributed by atoms with van der Waals surface area (Å²) < 4.78 is 41.9. The smallest absolute Gasteiger partial charge is 0.364 e. The highest BCUT2D eigenvalue weighted by molar-refractivity contribution is 7.16. The van der Waals surface area contributed by atoms with Gasteiger partial charge >= 0.3 is 6.18 Å². The second-order valence-corrected chi connectivity index (χ2v) is 9.08. The molecule has 0 aromatic carbocycles.